The molecule has 7 fully saturated rings. The second kappa shape index (κ2) is 5.87. The highest BCUT2D eigenvalue weighted by Gasteiger charge is 2.64. The highest BCUT2D eigenvalue weighted by atomic mass is 16.6. The van der Waals surface area contributed by atoms with Crippen molar-refractivity contribution in [2.24, 2.45) is 47.3 Å². The number of hydrogen-bond donors (Lipinski definition) is 0. The molecule has 0 amide bonds. The molecule has 6 aliphatic carbocycles. The lowest BCUT2D eigenvalue weighted by Gasteiger charge is -2.55. The van der Waals surface area contributed by atoms with Crippen LogP contribution in [0.1, 0.15) is 51.4 Å². The van der Waals surface area contributed by atoms with E-state index in [1.807, 2.05) is 0 Å². The molecule has 8 bridgehead atoms. The van der Waals surface area contributed by atoms with Crippen LogP contribution in [0, 0.1) is 47.3 Å². The van der Waals surface area contributed by atoms with Gasteiger partial charge in [-0.15, -0.1) is 0 Å². The maximum atomic E-state index is 12.8. The summed E-state index contributed by atoms with van der Waals surface area (Å²) in [7, 11) is 0. The first-order valence-corrected chi connectivity index (χ1v) is 11.8. The van der Waals surface area contributed by atoms with Crippen molar-refractivity contribution in [1.82, 2.24) is 0 Å². The van der Waals surface area contributed by atoms with E-state index in [4.69, 9.17) is 14.2 Å². The molecule has 2 aliphatic heterocycles. The van der Waals surface area contributed by atoms with E-state index in [-0.39, 0.29) is 42.3 Å². The Morgan fingerprint density at radius 3 is 2.24 bits per heavy atom. The molecule has 2 saturated heterocycles. The lowest BCUT2D eigenvalue weighted by molar-refractivity contribution is -0.193. The van der Waals surface area contributed by atoms with E-state index in [1.165, 1.54) is 25.7 Å². The van der Waals surface area contributed by atoms with Gasteiger partial charge in [0.15, 0.2) is 6.61 Å². The predicted molar refractivity (Wildman–Crippen MR) is 102 cm³/mol. The first kappa shape index (κ1) is 17.3. The van der Waals surface area contributed by atoms with Gasteiger partial charge in [-0.2, -0.15) is 0 Å². The largest absolute Gasteiger partial charge is 0.457 e. The van der Waals surface area contributed by atoms with Gasteiger partial charge in [-0.05, 0) is 92.8 Å². The van der Waals surface area contributed by atoms with Gasteiger partial charge in [0.2, 0.25) is 0 Å². The molecule has 0 aromatic heterocycles. The maximum absolute atomic E-state index is 12.8. The minimum absolute atomic E-state index is 0.0170. The second-order valence-corrected chi connectivity index (χ2v) is 11.3. The zero-order chi connectivity index (χ0) is 19.3. The van der Waals surface area contributed by atoms with Crippen molar-refractivity contribution in [3.63, 3.8) is 0 Å². The molecule has 156 valence electrons. The van der Waals surface area contributed by atoms with Crippen molar-refractivity contribution in [1.29, 1.82) is 0 Å². The topological polar surface area (TPSA) is 61.8 Å². The maximum Gasteiger partial charge on any atom is 0.344 e. The molecule has 8 aliphatic rings. The highest BCUT2D eigenvalue weighted by Crippen LogP contribution is 2.61. The predicted octanol–water partition coefficient (Wildman–Crippen LogP) is 3.27. The zero-order valence-electron chi connectivity index (χ0n) is 16.8. The summed E-state index contributed by atoms with van der Waals surface area (Å²) in [5.41, 5.74) is -0.267. The van der Waals surface area contributed by atoms with Crippen LogP contribution in [0.25, 0.3) is 0 Å². The molecule has 0 N–H and O–H groups in total. The first-order valence-electron chi connectivity index (χ1n) is 11.8. The fraction of sp³-hybridized carbons (Fsp3) is 0.833. The molecule has 29 heavy (non-hydrogen) atoms. The average molecular weight is 398 g/mol. The molecule has 5 heteroatoms. The summed E-state index contributed by atoms with van der Waals surface area (Å²) < 4.78 is 17.6. The fourth-order valence-corrected chi connectivity index (χ4v) is 9.12. The van der Waals surface area contributed by atoms with Crippen LogP contribution >= 0.6 is 0 Å². The van der Waals surface area contributed by atoms with Crippen molar-refractivity contribution in [3.8, 4) is 0 Å². The molecule has 8 rings (SSSR count). The minimum Gasteiger partial charge on any atom is -0.457 e. The molecule has 0 spiro atoms. The van der Waals surface area contributed by atoms with Gasteiger partial charge in [-0.1, -0.05) is 12.2 Å². The van der Waals surface area contributed by atoms with Gasteiger partial charge in [-0.3, -0.25) is 4.79 Å². The van der Waals surface area contributed by atoms with Crippen molar-refractivity contribution in [2.45, 2.75) is 69.2 Å². The lowest BCUT2D eigenvalue weighted by atomic mass is 9.54. The summed E-state index contributed by atoms with van der Waals surface area (Å²) in [4.78, 5) is 25.3. The third kappa shape index (κ3) is 2.49. The molecule has 5 saturated carbocycles. The van der Waals surface area contributed by atoms with E-state index in [0.29, 0.717) is 23.7 Å². The summed E-state index contributed by atoms with van der Waals surface area (Å²) in [6.45, 7) is -0.242. The quantitative estimate of drug-likeness (QED) is 0.537. The Kier molecular flexibility index (Phi) is 3.51. The van der Waals surface area contributed by atoms with Crippen LogP contribution in [0.15, 0.2) is 12.2 Å². The van der Waals surface area contributed by atoms with Gasteiger partial charge in [0, 0.05) is 0 Å². The molecular formula is C24H30O5. The van der Waals surface area contributed by atoms with E-state index < -0.39 is 0 Å². The number of carbonyl (C=O) groups is 2. The monoisotopic (exact) mass is 398 g/mol. The molecule has 2 heterocycles. The van der Waals surface area contributed by atoms with E-state index in [9.17, 15) is 9.59 Å². The molecule has 0 aromatic rings. The first-order chi connectivity index (χ1) is 14.1. The zero-order valence-corrected chi connectivity index (χ0v) is 16.8. The minimum atomic E-state index is -0.356. The van der Waals surface area contributed by atoms with Crippen LogP contribution < -0.4 is 0 Å². The standard InChI is InChI=1S/C24H30O5/c25-19(29-24-8-12-3-13(9-24)5-14(4-12)10-24)11-27-23(26)17-7-18-20-15-1-2-16(6-15)21(20)22(17)28-18/h1-2,12-18,20-22H,3-11H2. The number of ether oxygens (including phenoxy) is 3. The number of fused-ring (bicyclic) bond motifs is 9. The van der Waals surface area contributed by atoms with Crippen molar-refractivity contribution >= 4 is 11.9 Å². The summed E-state index contributed by atoms with van der Waals surface area (Å²) in [6, 6.07) is 0. The Morgan fingerprint density at radius 1 is 0.897 bits per heavy atom. The Labute approximate surface area is 171 Å². The van der Waals surface area contributed by atoms with Crippen LogP contribution in [-0.2, 0) is 23.8 Å². The molecule has 0 radical (unpaired) electrons. The van der Waals surface area contributed by atoms with Gasteiger partial charge in [0.05, 0.1) is 18.1 Å². The van der Waals surface area contributed by atoms with Gasteiger partial charge in [0.25, 0.3) is 0 Å². The normalized spacial score (nSPS) is 54.8. The average Bonchev–Trinajstić information content (AvgIpc) is 3.43. The van der Waals surface area contributed by atoms with Crippen LogP contribution in [0.3, 0.4) is 0 Å². The molecule has 7 atom stereocenters. The van der Waals surface area contributed by atoms with Gasteiger partial charge in [-0.25, -0.2) is 4.79 Å². The van der Waals surface area contributed by atoms with Crippen LogP contribution in [0.4, 0.5) is 0 Å². The fourth-order valence-electron chi connectivity index (χ4n) is 9.12. The molecular weight excluding hydrogens is 368 g/mol. The molecule has 7 unspecified atom stereocenters. The smallest absolute Gasteiger partial charge is 0.344 e. The van der Waals surface area contributed by atoms with E-state index >= 15 is 0 Å². The van der Waals surface area contributed by atoms with E-state index in [0.717, 1.165) is 43.4 Å². The van der Waals surface area contributed by atoms with Gasteiger partial charge < -0.3 is 14.2 Å². The lowest BCUT2D eigenvalue weighted by Crippen LogP contribution is -2.53. The Hall–Kier alpha value is -1.36. The molecule has 5 nitrogen and oxygen atoms in total. The Morgan fingerprint density at radius 2 is 1.55 bits per heavy atom. The summed E-state index contributed by atoms with van der Waals surface area (Å²) in [6.07, 6.45) is 13.8. The van der Waals surface area contributed by atoms with Crippen LogP contribution in [0.2, 0.25) is 0 Å². The van der Waals surface area contributed by atoms with Gasteiger partial charge >= 0.3 is 11.9 Å². The summed E-state index contributed by atoms with van der Waals surface area (Å²) >= 11 is 0. The summed E-state index contributed by atoms with van der Waals surface area (Å²) in [5, 5.41) is 0. The molecule has 0 aromatic carbocycles. The number of carbonyl (C=O) groups excluding carboxylic acids is 2. The number of esters is 2. The number of hydrogen-bond acceptors (Lipinski definition) is 5. The number of allylic oxidation sites excluding steroid dienone is 2. The third-order valence-corrected chi connectivity index (χ3v) is 9.55. The van der Waals surface area contributed by atoms with Crippen LogP contribution in [0.5, 0.6) is 0 Å². The Balaban J connectivity index is 0.968. The van der Waals surface area contributed by atoms with Crippen LogP contribution in [-0.4, -0.2) is 36.4 Å². The third-order valence-electron chi connectivity index (χ3n) is 9.55. The summed E-state index contributed by atoms with van der Waals surface area (Å²) in [5.74, 6) is 3.64. The highest BCUT2D eigenvalue weighted by molar-refractivity contribution is 5.79. The number of rotatable bonds is 4. The van der Waals surface area contributed by atoms with E-state index in [2.05, 4.69) is 12.2 Å². The van der Waals surface area contributed by atoms with Gasteiger partial charge in [0.1, 0.15) is 5.60 Å². The van der Waals surface area contributed by atoms with Crippen molar-refractivity contribution < 1.29 is 23.8 Å². The van der Waals surface area contributed by atoms with Crippen molar-refractivity contribution in [2.75, 3.05) is 6.61 Å². The Bertz CT molecular complexity index is 751. The van der Waals surface area contributed by atoms with Crippen molar-refractivity contribution in [3.05, 3.63) is 12.2 Å². The second-order valence-electron chi connectivity index (χ2n) is 11.3. The van der Waals surface area contributed by atoms with E-state index in [1.54, 1.807) is 0 Å². The SMILES string of the molecule is O=C(COC(=O)C1CC2OC1C1C3C=CC(C3)C21)OC12CC3CC(CC(C3)C1)C2.